The van der Waals surface area contributed by atoms with Gasteiger partial charge < -0.3 is 4.74 Å². The lowest BCUT2D eigenvalue weighted by molar-refractivity contribution is -0.360. The van der Waals surface area contributed by atoms with Crippen molar-refractivity contribution in [3.8, 4) is 11.8 Å². The van der Waals surface area contributed by atoms with Crippen LogP contribution in [-0.4, -0.2) is 12.5 Å². The zero-order valence-corrected chi connectivity index (χ0v) is 12.2. The van der Waals surface area contributed by atoms with Crippen molar-refractivity contribution >= 4 is 17.8 Å². The second-order valence-electron chi connectivity index (χ2n) is 4.40. The summed E-state index contributed by atoms with van der Waals surface area (Å²) in [6.07, 6.45) is 3.23. The SMILES string of the molecule is CCOc1ccc(C=C(C#N)C(=O)Nc2cccc[nH+]2)cc1. The van der Waals surface area contributed by atoms with Crippen LogP contribution in [0.5, 0.6) is 5.75 Å². The number of benzene rings is 1. The predicted molar refractivity (Wildman–Crippen MR) is 82.8 cm³/mol. The van der Waals surface area contributed by atoms with Crippen molar-refractivity contribution in [2.24, 2.45) is 0 Å². The van der Waals surface area contributed by atoms with E-state index in [-0.39, 0.29) is 5.57 Å². The number of nitriles is 1. The van der Waals surface area contributed by atoms with E-state index in [1.807, 2.05) is 13.0 Å². The number of H-pyrrole nitrogens is 1. The van der Waals surface area contributed by atoms with E-state index in [1.165, 1.54) is 6.08 Å². The fourth-order valence-corrected chi connectivity index (χ4v) is 1.80. The van der Waals surface area contributed by atoms with E-state index in [9.17, 15) is 4.79 Å². The van der Waals surface area contributed by atoms with Gasteiger partial charge in [-0.15, -0.1) is 0 Å². The topological polar surface area (TPSA) is 76.3 Å². The number of anilines is 1. The molecule has 2 aromatic rings. The number of rotatable bonds is 5. The smallest absolute Gasteiger partial charge is 0.349 e. The monoisotopic (exact) mass is 294 g/mol. The molecule has 0 aliphatic rings. The Bertz CT molecular complexity index is 701. The van der Waals surface area contributed by atoms with Crippen LogP contribution in [0.1, 0.15) is 12.5 Å². The van der Waals surface area contributed by atoms with Crippen LogP contribution in [0.25, 0.3) is 6.08 Å². The van der Waals surface area contributed by atoms with Crippen LogP contribution in [0, 0.1) is 11.3 Å². The number of pyridine rings is 1. The summed E-state index contributed by atoms with van der Waals surface area (Å²) in [6, 6.07) is 14.4. The lowest BCUT2D eigenvalue weighted by Gasteiger charge is -2.02. The molecule has 0 saturated heterocycles. The van der Waals surface area contributed by atoms with Crippen molar-refractivity contribution in [2.75, 3.05) is 11.9 Å². The number of nitrogens with zero attached hydrogens (tertiary/aromatic N) is 1. The molecular weight excluding hydrogens is 278 g/mol. The normalized spacial score (nSPS) is 10.6. The minimum Gasteiger partial charge on any atom is -0.494 e. The van der Waals surface area contributed by atoms with Gasteiger partial charge in [0.15, 0.2) is 0 Å². The Kier molecular flexibility index (Phi) is 5.27. The molecule has 1 aromatic heterocycles. The van der Waals surface area contributed by atoms with E-state index in [0.29, 0.717) is 12.4 Å². The molecule has 0 fully saturated rings. The Balaban J connectivity index is 2.13. The summed E-state index contributed by atoms with van der Waals surface area (Å²) in [5.41, 5.74) is 0.786. The van der Waals surface area contributed by atoms with Gasteiger partial charge in [-0.25, -0.2) is 15.1 Å². The van der Waals surface area contributed by atoms with Crippen molar-refractivity contribution < 1.29 is 14.5 Å². The number of hydrogen-bond acceptors (Lipinski definition) is 3. The molecule has 5 nitrogen and oxygen atoms in total. The molecule has 22 heavy (non-hydrogen) atoms. The molecule has 0 atom stereocenters. The summed E-state index contributed by atoms with van der Waals surface area (Å²) < 4.78 is 5.35. The first-order valence-corrected chi connectivity index (χ1v) is 6.85. The summed E-state index contributed by atoms with van der Waals surface area (Å²) in [7, 11) is 0. The third kappa shape index (κ3) is 4.18. The Hall–Kier alpha value is -3.13. The number of aromatic amines is 1. The van der Waals surface area contributed by atoms with E-state index >= 15 is 0 Å². The molecule has 1 aromatic carbocycles. The second kappa shape index (κ2) is 7.60. The average molecular weight is 294 g/mol. The van der Waals surface area contributed by atoms with Crippen LogP contribution in [-0.2, 0) is 4.79 Å². The van der Waals surface area contributed by atoms with E-state index < -0.39 is 5.91 Å². The lowest BCUT2D eigenvalue weighted by Crippen LogP contribution is -2.19. The van der Waals surface area contributed by atoms with Crippen molar-refractivity contribution in [1.29, 1.82) is 5.26 Å². The molecule has 5 heteroatoms. The molecule has 1 amide bonds. The Morgan fingerprint density at radius 3 is 2.68 bits per heavy atom. The van der Waals surface area contributed by atoms with Crippen LogP contribution >= 0.6 is 0 Å². The molecule has 0 aliphatic heterocycles. The summed E-state index contributed by atoms with van der Waals surface area (Å²) in [5.74, 6) is 0.820. The maximum atomic E-state index is 12.1. The van der Waals surface area contributed by atoms with Crippen molar-refractivity contribution in [1.82, 2.24) is 0 Å². The minimum atomic E-state index is -0.459. The van der Waals surface area contributed by atoms with Crippen LogP contribution in [0.3, 0.4) is 0 Å². The van der Waals surface area contributed by atoms with Gasteiger partial charge in [0.25, 0.3) is 5.82 Å². The largest absolute Gasteiger partial charge is 0.494 e. The van der Waals surface area contributed by atoms with Crippen LogP contribution < -0.4 is 15.0 Å². The number of nitrogens with one attached hydrogen (secondary N) is 2. The van der Waals surface area contributed by atoms with Crippen LogP contribution in [0.4, 0.5) is 5.82 Å². The third-order valence-corrected chi connectivity index (χ3v) is 2.82. The maximum Gasteiger partial charge on any atom is 0.349 e. The van der Waals surface area contributed by atoms with Crippen molar-refractivity contribution in [2.45, 2.75) is 6.92 Å². The quantitative estimate of drug-likeness (QED) is 0.679. The highest BCUT2D eigenvalue weighted by atomic mass is 16.5. The molecule has 2 rings (SSSR count). The average Bonchev–Trinajstić information content (AvgIpc) is 2.55. The molecule has 110 valence electrons. The zero-order valence-electron chi connectivity index (χ0n) is 12.2. The van der Waals surface area contributed by atoms with Crippen LogP contribution in [0.15, 0.2) is 54.2 Å². The minimum absolute atomic E-state index is 0.0291. The summed E-state index contributed by atoms with van der Waals surface area (Å²) in [5, 5.41) is 11.8. The highest BCUT2D eigenvalue weighted by Crippen LogP contribution is 2.15. The maximum absolute atomic E-state index is 12.1. The molecular formula is C17H16N3O2+. The molecule has 1 heterocycles. The summed E-state index contributed by atoms with van der Waals surface area (Å²) in [4.78, 5) is 14.9. The molecule has 0 unspecified atom stereocenters. The number of carbonyl (C=O) groups is 1. The van der Waals surface area contributed by atoms with Crippen LogP contribution in [0.2, 0.25) is 0 Å². The molecule has 0 saturated carbocycles. The first-order chi connectivity index (χ1) is 10.7. The van der Waals surface area contributed by atoms with Gasteiger partial charge >= 0.3 is 5.91 Å². The summed E-state index contributed by atoms with van der Waals surface area (Å²) >= 11 is 0. The molecule has 0 aliphatic carbocycles. The van der Waals surface area contributed by atoms with Crippen molar-refractivity contribution in [3.05, 3.63) is 59.8 Å². The fraction of sp³-hybridized carbons (Fsp3) is 0.118. The fourth-order valence-electron chi connectivity index (χ4n) is 1.80. The zero-order chi connectivity index (χ0) is 15.8. The van der Waals surface area contributed by atoms with Gasteiger partial charge in [-0.1, -0.05) is 18.2 Å². The Labute approximate surface area is 128 Å². The molecule has 0 radical (unpaired) electrons. The first kappa shape index (κ1) is 15.3. The third-order valence-electron chi connectivity index (χ3n) is 2.82. The first-order valence-electron chi connectivity index (χ1n) is 6.85. The highest BCUT2D eigenvalue weighted by molar-refractivity contribution is 6.09. The van der Waals surface area contributed by atoms with Gasteiger partial charge in [0.2, 0.25) is 0 Å². The van der Waals surface area contributed by atoms with Gasteiger partial charge in [-0.2, -0.15) is 5.26 Å². The summed E-state index contributed by atoms with van der Waals surface area (Å²) in [6.45, 7) is 2.50. The second-order valence-corrected chi connectivity index (χ2v) is 4.40. The number of aromatic nitrogens is 1. The predicted octanol–water partition coefficient (Wildman–Crippen LogP) is 2.45. The van der Waals surface area contributed by atoms with E-state index in [2.05, 4.69) is 10.3 Å². The lowest BCUT2D eigenvalue weighted by atomic mass is 10.1. The van der Waals surface area contributed by atoms with Gasteiger partial charge in [0.1, 0.15) is 17.4 Å². The van der Waals surface area contributed by atoms with E-state index in [4.69, 9.17) is 10.00 Å². The molecule has 2 N–H and O–H groups in total. The number of ether oxygens (including phenoxy) is 1. The van der Waals surface area contributed by atoms with Gasteiger partial charge in [0, 0.05) is 6.07 Å². The van der Waals surface area contributed by atoms with E-state index in [1.54, 1.807) is 48.7 Å². The highest BCUT2D eigenvalue weighted by Gasteiger charge is 2.15. The standard InChI is InChI=1S/C17H15N3O2/c1-2-22-15-8-6-13(7-9-15)11-14(12-18)17(21)20-16-5-3-4-10-19-16/h3-11H,2H2,1H3,(H,19,20,21)/p+1. The number of hydrogen-bond donors (Lipinski definition) is 1. The van der Waals surface area contributed by atoms with Gasteiger partial charge in [0.05, 0.1) is 12.8 Å². The molecule has 0 spiro atoms. The van der Waals surface area contributed by atoms with Crippen molar-refractivity contribution in [3.63, 3.8) is 0 Å². The Morgan fingerprint density at radius 1 is 1.32 bits per heavy atom. The number of amides is 1. The van der Waals surface area contributed by atoms with E-state index in [0.717, 1.165) is 11.3 Å². The number of carbonyl (C=O) groups excluding carboxylic acids is 1. The molecule has 0 bridgehead atoms. The Morgan fingerprint density at radius 2 is 2.09 bits per heavy atom. The van der Waals surface area contributed by atoms with Gasteiger partial charge in [-0.05, 0) is 36.8 Å². The van der Waals surface area contributed by atoms with Gasteiger partial charge in [-0.3, -0.25) is 0 Å².